The number of rotatable bonds is 4. The highest BCUT2D eigenvalue weighted by atomic mass is 32.2. The Labute approximate surface area is 111 Å². The molecule has 2 rings (SSSR count). The molecule has 6 nitrogen and oxygen atoms in total. The Morgan fingerprint density at radius 2 is 2.17 bits per heavy atom. The molecule has 0 bridgehead atoms. The van der Waals surface area contributed by atoms with Crippen molar-refractivity contribution in [1.82, 2.24) is 14.7 Å². The van der Waals surface area contributed by atoms with Gasteiger partial charge in [-0.1, -0.05) is 0 Å². The number of hydrogen-bond acceptors (Lipinski definition) is 6. The van der Waals surface area contributed by atoms with E-state index in [4.69, 9.17) is 5.73 Å². The molecule has 3 N–H and O–H groups in total. The number of sulfonamides is 1. The smallest absolute Gasteiger partial charge is 0.243 e. The molecule has 1 aromatic rings. The van der Waals surface area contributed by atoms with Crippen LogP contribution in [-0.2, 0) is 10.0 Å². The third-order valence-corrected chi connectivity index (χ3v) is 5.79. The van der Waals surface area contributed by atoms with Gasteiger partial charge in [0.15, 0.2) is 0 Å². The summed E-state index contributed by atoms with van der Waals surface area (Å²) in [6.07, 6.45) is 4.59. The summed E-state index contributed by atoms with van der Waals surface area (Å²) in [5.41, 5.74) is 5.32. The molecule has 1 unspecified atom stereocenters. The maximum Gasteiger partial charge on any atom is 0.243 e. The van der Waals surface area contributed by atoms with Crippen LogP contribution in [0.1, 0.15) is 19.8 Å². The highest BCUT2D eigenvalue weighted by Crippen LogP contribution is 2.37. The molecule has 100 valence electrons. The maximum absolute atomic E-state index is 12.0. The number of thioether (sulfide) groups is 1. The molecule has 0 amide bonds. The third-order valence-electron chi connectivity index (χ3n) is 2.90. The van der Waals surface area contributed by atoms with Gasteiger partial charge in [0.25, 0.3) is 0 Å². The van der Waals surface area contributed by atoms with E-state index in [1.54, 1.807) is 11.8 Å². The molecule has 8 heteroatoms. The van der Waals surface area contributed by atoms with Gasteiger partial charge in [0.1, 0.15) is 4.90 Å². The van der Waals surface area contributed by atoms with E-state index in [1.165, 1.54) is 12.4 Å². The first kappa shape index (κ1) is 13.6. The zero-order chi connectivity index (χ0) is 13.2. The summed E-state index contributed by atoms with van der Waals surface area (Å²) in [7, 11) is -3.55. The van der Waals surface area contributed by atoms with Gasteiger partial charge in [0.2, 0.25) is 16.0 Å². The van der Waals surface area contributed by atoms with Gasteiger partial charge in [-0.05, 0) is 25.5 Å². The van der Waals surface area contributed by atoms with Crippen molar-refractivity contribution in [2.24, 2.45) is 0 Å². The van der Waals surface area contributed by atoms with Gasteiger partial charge in [-0.3, -0.25) is 0 Å². The zero-order valence-corrected chi connectivity index (χ0v) is 11.7. The second kappa shape index (κ2) is 5.02. The Kier molecular flexibility index (Phi) is 3.79. The van der Waals surface area contributed by atoms with Crippen LogP contribution in [0.3, 0.4) is 0 Å². The Hall–Kier alpha value is -0.860. The number of aromatic nitrogens is 2. The van der Waals surface area contributed by atoms with E-state index in [0.717, 1.165) is 18.6 Å². The Morgan fingerprint density at radius 1 is 1.50 bits per heavy atom. The Morgan fingerprint density at radius 3 is 2.72 bits per heavy atom. The molecule has 0 radical (unpaired) electrons. The second-order valence-corrected chi connectivity index (χ2v) is 7.95. The van der Waals surface area contributed by atoms with E-state index in [1.807, 2.05) is 0 Å². The van der Waals surface area contributed by atoms with Crippen molar-refractivity contribution in [3.63, 3.8) is 0 Å². The largest absolute Gasteiger partial charge is 0.368 e. The molecule has 0 saturated carbocycles. The quantitative estimate of drug-likeness (QED) is 0.843. The van der Waals surface area contributed by atoms with Crippen molar-refractivity contribution in [2.75, 3.05) is 18.0 Å². The normalized spacial score (nSPS) is 24.3. The van der Waals surface area contributed by atoms with Gasteiger partial charge in [0.05, 0.1) is 12.4 Å². The van der Waals surface area contributed by atoms with Crippen LogP contribution >= 0.6 is 11.8 Å². The van der Waals surface area contributed by atoms with Crippen LogP contribution in [0, 0.1) is 0 Å². The minimum atomic E-state index is -3.55. The van der Waals surface area contributed by atoms with Gasteiger partial charge < -0.3 is 5.73 Å². The number of nitrogens with two attached hydrogens (primary N) is 1. The topological polar surface area (TPSA) is 98.0 Å². The zero-order valence-electron chi connectivity index (χ0n) is 10.1. The SMILES string of the molecule is CC1(CNS(=O)(=O)c2cnc(N)nc2)CCCS1. The van der Waals surface area contributed by atoms with Crippen LogP contribution in [0.25, 0.3) is 0 Å². The van der Waals surface area contributed by atoms with Crippen LogP contribution in [0.15, 0.2) is 17.3 Å². The predicted molar refractivity (Wildman–Crippen MR) is 71.7 cm³/mol. The first-order valence-electron chi connectivity index (χ1n) is 5.62. The summed E-state index contributed by atoms with van der Waals surface area (Å²) < 4.78 is 26.6. The molecule has 1 fully saturated rings. The summed E-state index contributed by atoms with van der Waals surface area (Å²) in [5, 5.41) is 0. The molecular weight excluding hydrogens is 272 g/mol. The fraction of sp³-hybridized carbons (Fsp3) is 0.600. The summed E-state index contributed by atoms with van der Waals surface area (Å²) >= 11 is 1.80. The molecule has 0 aromatic carbocycles. The van der Waals surface area contributed by atoms with E-state index in [-0.39, 0.29) is 15.6 Å². The molecule has 1 aliphatic heterocycles. The Balaban J connectivity index is 2.05. The van der Waals surface area contributed by atoms with Crippen molar-refractivity contribution in [3.8, 4) is 0 Å². The van der Waals surface area contributed by atoms with Crippen molar-refractivity contribution in [2.45, 2.75) is 29.4 Å². The second-order valence-electron chi connectivity index (χ2n) is 4.50. The highest BCUT2D eigenvalue weighted by molar-refractivity contribution is 8.01. The van der Waals surface area contributed by atoms with E-state index >= 15 is 0 Å². The lowest BCUT2D eigenvalue weighted by Crippen LogP contribution is -2.36. The van der Waals surface area contributed by atoms with Crippen LogP contribution in [0.4, 0.5) is 5.95 Å². The number of nitrogens with zero attached hydrogens (tertiary/aromatic N) is 2. The number of hydrogen-bond donors (Lipinski definition) is 2. The van der Waals surface area contributed by atoms with Crippen LogP contribution < -0.4 is 10.5 Å². The van der Waals surface area contributed by atoms with Crippen molar-refractivity contribution in [1.29, 1.82) is 0 Å². The standard InChI is InChI=1S/C10H16N4O2S2/c1-10(3-2-4-17-10)7-14-18(15,16)8-5-12-9(11)13-6-8/h5-6,14H,2-4,7H2,1H3,(H2,11,12,13). The van der Waals surface area contributed by atoms with Gasteiger partial charge in [-0.15, -0.1) is 0 Å². The van der Waals surface area contributed by atoms with Crippen molar-refractivity contribution >= 4 is 27.7 Å². The molecule has 18 heavy (non-hydrogen) atoms. The monoisotopic (exact) mass is 288 g/mol. The molecule has 2 heterocycles. The third kappa shape index (κ3) is 3.12. The average Bonchev–Trinajstić information content (AvgIpc) is 2.75. The van der Waals surface area contributed by atoms with Crippen LogP contribution in [-0.4, -0.2) is 35.4 Å². The van der Waals surface area contributed by atoms with E-state index in [9.17, 15) is 8.42 Å². The number of nitrogen functional groups attached to an aromatic ring is 1. The minimum Gasteiger partial charge on any atom is -0.368 e. The summed E-state index contributed by atoms with van der Waals surface area (Å²) in [5.74, 6) is 1.15. The van der Waals surface area contributed by atoms with E-state index in [2.05, 4.69) is 21.6 Å². The number of anilines is 1. The van der Waals surface area contributed by atoms with Crippen molar-refractivity contribution in [3.05, 3.63) is 12.4 Å². The van der Waals surface area contributed by atoms with Crippen molar-refractivity contribution < 1.29 is 8.42 Å². The van der Waals surface area contributed by atoms with Gasteiger partial charge in [0, 0.05) is 11.3 Å². The average molecular weight is 288 g/mol. The Bertz CT molecular complexity index is 509. The molecule has 1 atom stereocenters. The highest BCUT2D eigenvalue weighted by Gasteiger charge is 2.31. The maximum atomic E-state index is 12.0. The van der Waals surface area contributed by atoms with Crippen LogP contribution in [0.2, 0.25) is 0 Å². The molecule has 1 aliphatic rings. The lowest BCUT2D eigenvalue weighted by Gasteiger charge is -2.22. The van der Waals surface area contributed by atoms with E-state index < -0.39 is 10.0 Å². The molecule has 1 saturated heterocycles. The molecule has 0 aliphatic carbocycles. The van der Waals surface area contributed by atoms with Gasteiger partial charge >= 0.3 is 0 Å². The first-order chi connectivity index (χ1) is 8.41. The summed E-state index contributed by atoms with van der Waals surface area (Å²) in [6.45, 7) is 2.50. The van der Waals surface area contributed by atoms with Crippen LogP contribution in [0.5, 0.6) is 0 Å². The lowest BCUT2D eigenvalue weighted by atomic mass is 10.1. The summed E-state index contributed by atoms with van der Waals surface area (Å²) in [6, 6.07) is 0. The first-order valence-corrected chi connectivity index (χ1v) is 8.09. The van der Waals surface area contributed by atoms with E-state index in [0.29, 0.717) is 6.54 Å². The fourth-order valence-corrected chi connectivity index (χ4v) is 4.17. The lowest BCUT2D eigenvalue weighted by molar-refractivity contribution is 0.552. The minimum absolute atomic E-state index is 0.0122. The fourth-order valence-electron chi connectivity index (χ4n) is 1.77. The molecule has 1 aromatic heterocycles. The predicted octanol–water partition coefficient (Wildman–Crippen LogP) is 0.623. The van der Waals surface area contributed by atoms with Gasteiger partial charge in [-0.2, -0.15) is 11.8 Å². The number of nitrogens with one attached hydrogen (secondary N) is 1. The van der Waals surface area contributed by atoms with Gasteiger partial charge in [-0.25, -0.2) is 23.1 Å². The summed E-state index contributed by atoms with van der Waals surface area (Å²) in [4.78, 5) is 7.41. The molecular formula is C10H16N4O2S2. The molecule has 0 spiro atoms.